The van der Waals surface area contributed by atoms with Crippen molar-refractivity contribution in [3.05, 3.63) is 48.5 Å². The minimum absolute atomic E-state index is 0.114. The van der Waals surface area contributed by atoms with Crippen molar-refractivity contribution in [2.45, 2.75) is 13.8 Å². The third-order valence-electron chi connectivity index (χ3n) is 5.48. The van der Waals surface area contributed by atoms with Crippen LogP contribution in [0.3, 0.4) is 0 Å². The highest BCUT2D eigenvalue weighted by Crippen LogP contribution is 2.29. The van der Waals surface area contributed by atoms with Crippen LogP contribution in [0, 0.1) is 10.8 Å². The monoisotopic (exact) mass is 470 g/mol. The second-order valence-corrected chi connectivity index (χ2v) is 8.60. The number of rotatable bonds is 5. The lowest BCUT2D eigenvalue weighted by atomic mass is 9.92. The third kappa shape index (κ3) is 4.95. The highest BCUT2D eigenvalue weighted by Gasteiger charge is 2.43. The van der Waals surface area contributed by atoms with Gasteiger partial charge in [-0.05, 0) is 49.2 Å². The summed E-state index contributed by atoms with van der Waals surface area (Å²) >= 11 is 0. The summed E-state index contributed by atoms with van der Waals surface area (Å²) < 4.78 is 30.0. The molecule has 2 heterocycles. The van der Waals surface area contributed by atoms with Gasteiger partial charge in [-0.25, -0.2) is 9.59 Å². The predicted molar refractivity (Wildman–Crippen MR) is 114 cm³/mol. The Hall–Kier alpha value is -4.08. The van der Waals surface area contributed by atoms with Crippen molar-refractivity contribution in [2.75, 3.05) is 26.4 Å². The quantitative estimate of drug-likeness (QED) is 0.474. The van der Waals surface area contributed by atoms with Gasteiger partial charge in [0, 0.05) is 0 Å². The van der Waals surface area contributed by atoms with Crippen molar-refractivity contribution >= 4 is 24.2 Å². The van der Waals surface area contributed by atoms with Gasteiger partial charge in [-0.2, -0.15) is 0 Å². The van der Waals surface area contributed by atoms with Gasteiger partial charge in [-0.3, -0.25) is 9.59 Å². The molecule has 0 spiro atoms. The molecular weight excluding hydrogens is 448 g/mol. The third-order valence-corrected chi connectivity index (χ3v) is 5.48. The molecule has 10 heteroatoms. The average molecular weight is 470 g/mol. The van der Waals surface area contributed by atoms with Gasteiger partial charge < -0.3 is 28.4 Å². The van der Waals surface area contributed by atoms with Crippen molar-refractivity contribution in [2.24, 2.45) is 10.8 Å². The molecule has 0 N–H and O–H groups in total. The van der Waals surface area contributed by atoms with Crippen LogP contribution in [-0.2, 0) is 28.5 Å². The zero-order valence-electron chi connectivity index (χ0n) is 18.5. The standard InChI is InChI=1S/C24H22O10/c1-23(11-29-21(27)30-12-23)19(25)33-17-7-3-15(4-8-17)16-5-9-18(10-6-16)34-20(26)24(2)13-31-22(28)32-14-24/h3-10H,11-14H2,1-2H3. The smallest absolute Gasteiger partial charge is 0.433 e. The topological polar surface area (TPSA) is 124 Å². The van der Waals surface area contributed by atoms with Crippen LogP contribution in [0.2, 0.25) is 0 Å². The first kappa shape index (κ1) is 23.1. The molecule has 0 atom stereocenters. The van der Waals surface area contributed by atoms with Crippen LogP contribution in [0.1, 0.15) is 13.8 Å². The lowest BCUT2D eigenvalue weighted by molar-refractivity contribution is -0.157. The molecule has 0 bridgehead atoms. The van der Waals surface area contributed by atoms with Crippen LogP contribution in [0.15, 0.2) is 48.5 Å². The Balaban J connectivity index is 1.36. The molecule has 4 rings (SSSR count). The second kappa shape index (κ2) is 9.05. The van der Waals surface area contributed by atoms with Gasteiger partial charge >= 0.3 is 24.2 Å². The van der Waals surface area contributed by atoms with Gasteiger partial charge in [0.1, 0.15) is 48.8 Å². The molecule has 0 amide bonds. The number of carbonyl (C=O) groups is 4. The normalized spacial score (nSPS) is 18.4. The minimum Gasteiger partial charge on any atom is -0.433 e. The lowest BCUT2D eigenvalue weighted by Gasteiger charge is -2.29. The summed E-state index contributed by atoms with van der Waals surface area (Å²) in [5.41, 5.74) is -0.471. The molecule has 2 aliphatic heterocycles. The number of esters is 2. The Morgan fingerprint density at radius 2 is 0.912 bits per heavy atom. The van der Waals surface area contributed by atoms with Crippen molar-refractivity contribution in [3.63, 3.8) is 0 Å². The van der Waals surface area contributed by atoms with Crippen molar-refractivity contribution in [1.82, 2.24) is 0 Å². The van der Waals surface area contributed by atoms with Crippen molar-refractivity contribution in [1.29, 1.82) is 0 Å². The molecule has 0 unspecified atom stereocenters. The van der Waals surface area contributed by atoms with E-state index in [1.54, 1.807) is 62.4 Å². The van der Waals surface area contributed by atoms with Crippen LogP contribution < -0.4 is 9.47 Å². The zero-order valence-corrected chi connectivity index (χ0v) is 18.5. The Morgan fingerprint density at radius 3 is 1.21 bits per heavy atom. The van der Waals surface area contributed by atoms with Crippen LogP contribution in [-0.4, -0.2) is 50.7 Å². The maximum atomic E-state index is 12.5. The van der Waals surface area contributed by atoms with E-state index in [4.69, 9.17) is 28.4 Å². The number of hydrogen-bond donors (Lipinski definition) is 0. The summed E-state index contributed by atoms with van der Waals surface area (Å²) in [6, 6.07) is 13.7. The fourth-order valence-corrected chi connectivity index (χ4v) is 3.17. The maximum Gasteiger partial charge on any atom is 0.508 e. The minimum atomic E-state index is -1.08. The Kier molecular flexibility index (Phi) is 6.14. The zero-order chi connectivity index (χ0) is 24.3. The van der Waals surface area contributed by atoms with Crippen LogP contribution in [0.5, 0.6) is 11.5 Å². The van der Waals surface area contributed by atoms with Crippen LogP contribution >= 0.6 is 0 Å². The first-order valence-corrected chi connectivity index (χ1v) is 10.4. The van der Waals surface area contributed by atoms with E-state index in [1.807, 2.05) is 0 Å². The molecular formula is C24H22O10. The van der Waals surface area contributed by atoms with Crippen LogP contribution in [0.25, 0.3) is 11.1 Å². The Morgan fingerprint density at radius 1 is 0.618 bits per heavy atom. The molecule has 2 fully saturated rings. The van der Waals surface area contributed by atoms with E-state index >= 15 is 0 Å². The van der Waals surface area contributed by atoms with E-state index in [0.29, 0.717) is 11.5 Å². The Bertz CT molecular complexity index is 994. The molecule has 2 aromatic carbocycles. The first-order chi connectivity index (χ1) is 16.2. The maximum absolute atomic E-state index is 12.5. The summed E-state index contributed by atoms with van der Waals surface area (Å²) in [5, 5.41) is 0. The van der Waals surface area contributed by atoms with Gasteiger partial charge in [0.2, 0.25) is 0 Å². The second-order valence-electron chi connectivity index (χ2n) is 8.60. The number of benzene rings is 2. The van der Waals surface area contributed by atoms with E-state index < -0.39 is 35.1 Å². The summed E-state index contributed by atoms with van der Waals surface area (Å²) in [5.74, 6) is -0.460. The molecule has 0 radical (unpaired) electrons. The van der Waals surface area contributed by atoms with E-state index in [0.717, 1.165) is 11.1 Å². The number of cyclic esters (lactones) is 4. The van der Waals surface area contributed by atoms with Crippen molar-refractivity contribution in [3.8, 4) is 22.6 Å². The van der Waals surface area contributed by atoms with Gasteiger partial charge in [0.15, 0.2) is 0 Å². The number of ether oxygens (including phenoxy) is 6. The lowest BCUT2D eigenvalue weighted by Crippen LogP contribution is -2.45. The van der Waals surface area contributed by atoms with Gasteiger partial charge in [0.05, 0.1) is 0 Å². The molecule has 2 aliphatic rings. The van der Waals surface area contributed by atoms with E-state index in [1.165, 1.54) is 0 Å². The molecule has 0 aromatic heterocycles. The largest absolute Gasteiger partial charge is 0.508 e. The fraction of sp³-hybridized carbons (Fsp3) is 0.333. The molecule has 10 nitrogen and oxygen atoms in total. The van der Waals surface area contributed by atoms with E-state index in [2.05, 4.69) is 0 Å². The summed E-state index contributed by atoms with van der Waals surface area (Å²) in [6.07, 6.45) is -1.61. The molecule has 2 aromatic rings. The number of hydrogen-bond acceptors (Lipinski definition) is 10. The SMILES string of the molecule is CC1(C(=O)Oc2ccc(-c3ccc(OC(=O)C4(C)COC(=O)OC4)cc3)cc2)COC(=O)OC1. The van der Waals surface area contributed by atoms with Crippen molar-refractivity contribution < 1.29 is 47.6 Å². The Labute approximate surface area is 194 Å². The van der Waals surface area contributed by atoms with Gasteiger partial charge in [0.25, 0.3) is 0 Å². The summed E-state index contributed by atoms with van der Waals surface area (Å²) in [4.78, 5) is 47.0. The first-order valence-electron chi connectivity index (χ1n) is 10.4. The van der Waals surface area contributed by atoms with Crippen LogP contribution in [0.4, 0.5) is 9.59 Å². The van der Waals surface area contributed by atoms with Gasteiger partial charge in [-0.1, -0.05) is 24.3 Å². The molecule has 0 saturated carbocycles. The van der Waals surface area contributed by atoms with E-state index in [-0.39, 0.29) is 26.4 Å². The fourth-order valence-electron chi connectivity index (χ4n) is 3.17. The summed E-state index contributed by atoms with van der Waals surface area (Å²) in [7, 11) is 0. The molecule has 2 saturated heterocycles. The van der Waals surface area contributed by atoms with E-state index in [9.17, 15) is 19.2 Å². The highest BCUT2D eigenvalue weighted by molar-refractivity contribution is 5.81. The number of carbonyl (C=O) groups excluding carboxylic acids is 4. The summed E-state index contributed by atoms with van der Waals surface area (Å²) in [6.45, 7) is 2.74. The van der Waals surface area contributed by atoms with Gasteiger partial charge in [-0.15, -0.1) is 0 Å². The molecule has 0 aliphatic carbocycles. The molecule has 34 heavy (non-hydrogen) atoms. The molecule has 178 valence electrons. The predicted octanol–water partition coefficient (Wildman–Crippen LogP) is 3.51. The highest BCUT2D eigenvalue weighted by atomic mass is 16.7. The average Bonchev–Trinajstić information content (AvgIpc) is 2.84.